The average molecular weight is 356 g/mol. The highest BCUT2D eigenvalue weighted by molar-refractivity contribution is 7.90. The summed E-state index contributed by atoms with van der Waals surface area (Å²) in [5.41, 5.74) is 0. The van der Waals surface area contributed by atoms with Crippen molar-refractivity contribution in [2.75, 3.05) is 18.6 Å². The van der Waals surface area contributed by atoms with Crippen LogP contribution in [0.4, 0.5) is 0 Å². The number of hydrogen-bond donors (Lipinski definition) is 2. The lowest BCUT2D eigenvalue weighted by Crippen LogP contribution is -2.26. The van der Waals surface area contributed by atoms with E-state index >= 15 is 0 Å². The van der Waals surface area contributed by atoms with Crippen LogP contribution in [0.2, 0.25) is 0 Å². The van der Waals surface area contributed by atoms with Crippen LogP contribution in [0.1, 0.15) is 6.42 Å². The molecule has 0 aliphatic heterocycles. The molecule has 0 bridgehead atoms. The van der Waals surface area contributed by atoms with Crippen molar-refractivity contribution in [1.29, 1.82) is 0 Å². The van der Waals surface area contributed by atoms with Crippen LogP contribution < -0.4 is 9.86 Å². The van der Waals surface area contributed by atoms with Crippen molar-refractivity contribution in [3.8, 4) is 0 Å². The third kappa shape index (κ3) is 6.09. The summed E-state index contributed by atoms with van der Waals surface area (Å²) in [7, 11) is -10.8. The lowest BCUT2D eigenvalue weighted by atomic mass is 10.4. The van der Waals surface area contributed by atoms with Gasteiger partial charge in [-0.15, -0.1) is 0 Å². The molecule has 21 heavy (non-hydrogen) atoms. The number of rotatable bonds is 7. The van der Waals surface area contributed by atoms with Crippen molar-refractivity contribution >= 4 is 29.9 Å². The third-order valence-corrected chi connectivity index (χ3v) is 5.88. The summed E-state index contributed by atoms with van der Waals surface area (Å²) in [5.74, 6) is -0.125. The molecule has 0 amide bonds. The van der Waals surface area contributed by atoms with Crippen LogP contribution in [0.15, 0.2) is 34.1 Å². The summed E-state index contributed by atoms with van der Waals surface area (Å²) in [6, 6.07) is 4.39. The molecular weight excluding hydrogens is 340 g/mol. The van der Waals surface area contributed by atoms with Crippen LogP contribution in [0.3, 0.4) is 0 Å². The molecule has 3 N–H and O–H groups in total. The molecule has 1 aromatic rings. The zero-order valence-corrected chi connectivity index (χ0v) is 13.6. The van der Waals surface area contributed by atoms with E-state index in [-0.39, 0.29) is 28.5 Å². The predicted molar refractivity (Wildman–Crippen MR) is 77.3 cm³/mol. The van der Waals surface area contributed by atoms with Crippen LogP contribution in [-0.4, -0.2) is 43.8 Å². The minimum Gasteiger partial charge on any atom is -0.229 e. The predicted octanol–water partition coefficient (Wildman–Crippen LogP) is -0.953. The number of sulfonamides is 2. The Balaban J connectivity index is 2.75. The molecule has 8 nitrogen and oxygen atoms in total. The van der Waals surface area contributed by atoms with Crippen molar-refractivity contribution in [2.45, 2.75) is 16.2 Å². The van der Waals surface area contributed by atoms with E-state index in [1.807, 2.05) is 0 Å². The molecule has 0 saturated heterocycles. The van der Waals surface area contributed by atoms with Gasteiger partial charge in [0.15, 0.2) is 0 Å². The van der Waals surface area contributed by atoms with E-state index < -0.39 is 29.9 Å². The molecule has 1 rings (SSSR count). The molecule has 0 unspecified atom stereocenters. The number of sulfone groups is 1. The van der Waals surface area contributed by atoms with Gasteiger partial charge in [0.25, 0.3) is 0 Å². The van der Waals surface area contributed by atoms with Gasteiger partial charge in [-0.25, -0.2) is 35.1 Å². The Labute approximate surface area is 124 Å². The van der Waals surface area contributed by atoms with E-state index in [1.54, 1.807) is 0 Å². The normalized spacial score (nSPS) is 13.2. The summed E-state index contributed by atoms with van der Waals surface area (Å²) < 4.78 is 69.9. The first kappa shape index (κ1) is 18.0. The third-order valence-electron chi connectivity index (χ3n) is 2.45. The van der Waals surface area contributed by atoms with E-state index in [2.05, 4.69) is 4.72 Å². The molecule has 0 heterocycles. The zero-order chi connectivity index (χ0) is 16.3. The smallest absolute Gasteiger partial charge is 0.229 e. The Bertz CT molecular complexity index is 795. The molecule has 11 heteroatoms. The lowest BCUT2D eigenvalue weighted by Gasteiger charge is -2.07. The van der Waals surface area contributed by atoms with Gasteiger partial charge >= 0.3 is 0 Å². The Kier molecular flexibility index (Phi) is 5.50. The summed E-state index contributed by atoms with van der Waals surface area (Å²) in [6.07, 6.45) is 1.21. The van der Waals surface area contributed by atoms with Crippen LogP contribution in [-0.2, 0) is 29.9 Å². The average Bonchev–Trinajstić information content (AvgIpc) is 2.33. The van der Waals surface area contributed by atoms with Gasteiger partial charge in [-0.1, -0.05) is 0 Å². The first-order chi connectivity index (χ1) is 9.42. The largest absolute Gasteiger partial charge is 0.240 e. The van der Waals surface area contributed by atoms with Crippen molar-refractivity contribution in [2.24, 2.45) is 5.14 Å². The summed E-state index contributed by atoms with van der Waals surface area (Å²) >= 11 is 0. The molecule has 1 aromatic carbocycles. The Morgan fingerprint density at radius 2 is 1.43 bits per heavy atom. The molecule has 0 aromatic heterocycles. The SMILES string of the molecule is CS(=O)(=O)CCCNS(=O)(=O)c1ccc(S(N)(=O)=O)cc1. The van der Waals surface area contributed by atoms with E-state index in [0.717, 1.165) is 30.5 Å². The van der Waals surface area contributed by atoms with Gasteiger partial charge in [-0.05, 0) is 30.7 Å². The molecule has 0 radical (unpaired) electrons. The van der Waals surface area contributed by atoms with Gasteiger partial charge < -0.3 is 0 Å². The minimum atomic E-state index is -3.88. The second-order valence-corrected chi connectivity index (χ2v) is 9.99. The Hall–Kier alpha value is -1.01. The first-order valence-electron chi connectivity index (χ1n) is 5.72. The van der Waals surface area contributed by atoms with Crippen molar-refractivity contribution in [3.63, 3.8) is 0 Å². The van der Waals surface area contributed by atoms with Crippen molar-refractivity contribution in [3.05, 3.63) is 24.3 Å². The number of nitrogens with one attached hydrogen (secondary N) is 1. The highest BCUT2D eigenvalue weighted by Crippen LogP contribution is 2.13. The maximum atomic E-state index is 11.9. The standard InChI is InChI=1S/C10H16N2O6S3/c1-19(13,14)8-2-7-12-21(17,18)10-5-3-9(4-6-10)20(11,15)16/h3-6,12H,2,7-8H2,1H3,(H2,11,15,16). The quantitative estimate of drug-likeness (QED) is 0.603. The van der Waals surface area contributed by atoms with E-state index in [1.165, 1.54) is 0 Å². The topological polar surface area (TPSA) is 140 Å². The van der Waals surface area contributed by atoms with Crippen molar-refractivity contribution in [1.82, 2.24) is 4.72 Å². The Morgan fingerprint density at radius 3 is 1.86 bits per heavy atom. The van der Waals surface area contributed by atoms with Gasteiger partial charge in [-0.2, -0.15) is 0 Å². The number of primary sulfonamides is 1. The molecule has 0 fully saturated rings. The highest BCUT2D eigenvalue weighted by Gasteiger charge is 2.15. The number of hydrogen-bond acceptors (Lipinski definition) is 6. The van der Waals surface area contributed by atoms with Crippen LogP contribution in [0.25, 0.3) is 0 Å². The van der Waals surface area contributed by atoms with Crippen LogP contribution in [0.5, 0.6) is 0 Å². The minimum absolute atomic E-state index is 0.0354. The molecular formula is C10H16N2O6S3. The lowest BCUT2D eigenvalue weighted by molar-refractivity contribution is 0.577. The van der Waals surface area contributed by atoms with Crippen LogP contribution >= 0.6 is 0 Å². The zero-order valence-electron chi connectivity index (χ0n) is 11.2. The monoisotopic (exact) mass is 356 g/mol. The highest BCUT2D eigenvalue weighted by atomic mass is 32.2. The maximum absolute atomic E-state index is 11.9. The Morgan fingerprint density at radius 1 is 0.952 bits per heavy atom. The maximum Gasteiger partial charge on any atom is 0.240 e. The molecule has 0 spiro atoms. The molecule has 0 atom stereocenters. The molecule has 0 saturated carbocycles. The fourth-order valence-corrected chi connectivity index (χ4v) is 3.69. The van der Waals surface area contributed by atoms with Crippen molar-refractivity contribution < 1.29 is 25.3 Å². The van der Waals surface area contributed by atoms with Gasteiger partial charge in [0.2, 0.25) is 20.0 Å². The van der Waals surface area contributed by atoms with Gasteiger partial charge in [0.05, 0.1) is 15.5 Å². The second kappa shape index (κ2) is 6.40. The molecule has 0 aliphatic carbocycles. The molecule has 0 aliphatic rings. The number of benzene rings is 1. The summed E-state index contributed by atoms with van der Waals surface area (Å²) in [5, 5.41) is 4.91. The van der Waals surface area contributed by atoms with Crippen LogP contribution in [0, 0.1) is 0 Å². The summed E-state index contributed by atoms with van der Waals surface area (Å²) in [4.78, 5) is -0.326. The van der Waals surface area contributed by atoms with Gasteiger partial charge in [-0.3, -0.25) is 0 Å². The number of nitrogens with two attached hydrogens (primary N) is 1. The van der Waals surface area contributed by atoms with E-state index in [0.29, 0.717) is 0 Å². The summed E-state index contributed by atoms with van der Waals surface area (Å²) in [6.45, 7) is -0.0354. The second-order valence-electron chi connectivity index (χ2n) is 4.40. The fourth-order valence-electron chi connectivity index (χ4n) is 1.43. The van der Waals surface area contributed by atoms with Gasteiger partial charge in [0.1, 0.15) is 9.84 Å². The van der Waals surface area contributed by atoms with E-state index in [4.69, 9.17) is 5.14 Å². The van der Waals surface area contributed by atoms with Gasteiger partial charge in [0, 0.05) is 12.8 Å². The molecule has 120 valence electrons. The fraction of sp³-hybridized carbons (Fsp3) is 0.400. The first-order valence-corrected chi connectivity index (χ1v) is 10.8. The van der Waals surface area contributed by atoms with E-state index in [9.17, 15) is 25.3 Å².